The van der Waals surface area contributed by atoms with Crippen molar-refractivity contribution >= 4 is 11.3 Å². The number of thiazole rings is 1. The van der Waals surface area contributed by atoms with Crippen LogP contribution in [0.2, 0.25) is 0 Å². The van der Waals surface area contributed by atoms with Crippen LogP contribution in [-0.4, -0.2) is 29.5 Å². The number of nitrogens with zero attached hydrogens (tertiary/aromatic N) is 2. The first-order valence-corrected chi connectivity index (χ1v) is 8.34. The molecule has 114 valence electrons. The summed E-state index contributed by atoms with van der Waals surface area (Å²) in [4.78, 5) is 7.18. The molecule has 2 N–H and O–H groups in total. The van der Waals surface area contributed by atoms with Crippen LogP contribution in [0.1, 0.15) is 26.5 Å². The van der Waals surface area contributed by atoms with Crippen molar-refractivity contribution in [3.63, 3.8) is 0 Å². The Balaban J connectivity index is 2.04. The smallest absolute Gasteiger partial charge is 0.123 e. The lowest BCUT2D eigenvalue weighted by atomic mass is 9.93. The number of aromatic nitrogens is 1. The highest BCUT2D eigenvalue weighted by atomic mass is 32.1. The van der Waals surface area contributed by atoms with Crippen molar-refractivity contribution in [1.29, 1.82) is 0 Å². The van der Waals surface area contributed by atoms with E-state index in [2.05, 4.69) is 55.3 Å². The molecule has 1 heterocycles. The molecule has 1 aromatic carbocycles. The molecule has 0 aliphatic rings. The Morgan fingerprint density at radius 2 is 1.95 bits per heavy atom. The normalized spacial score (nSPS) is 12.0. The molecule has 0 aliphatic heterocycles. The average Bonchev–Trinajstić information content (AvgIpc) is 2.96. The molecule has 21 heavy (non-hydrogen) atoms. The van der Waals surface area contributed by atoms with E-state index in [0.29, 0.717) is 6.54 Å². The number of benzene rings is 1. The van der Waals surface area contributed by atoms with Crippen molar-refractivity contribution in [3.8, 4) is 10.6 Å². The summed E-state index contributed by atoms with van der Waals surface area (Å²) in [5.41, 5.74) is 8.33. The van der Waals surface area contributed by atoms with Crippen molar-refractivity contribution < 1.29 is 0 Å². The van der Waals surface area contributed by atoms with Gasteiger partial charge in [0.2, 0.25) is 0 Å². The lowest BCUT2D eigenvalue weighted by Crippen LogP contribution is -2.38. The van der Waals surface area contributed by atoms with Gasteiger partial charge in [0.05, 0.1) is 5.69 Å². The first-order chi connectivity index (χ1) is 10.0. The fourth-order valence-electron chi connectivity index (χ4n) is 2.27. The summed E-state index contributed by atoms with van der Waals surface area (Å²) in [6.07, 6.45) is 0. The van der Waals surface area contributed by atoms with Crippen molar-refractivity contribution in [2.75, 3.05) is 19.6 Å². The molecule has 4 heteroatoms. The van der Waals surface area contributed by atoms with E-state index < -0.39 is 0 Å². The molecule has 0 amide bonds. The lowest BCUT2D eigenvalue weighted by Gasteiger charge is -2.30. The van der Waals surface area contributed by atoms with Crippen molar-refractivity contribution in [1.82, 2.24) is 9.88 Å². The quantitative estimate of drug-likeness (QED) is 0.849. The van der Waals surface area contributed by atoms with Gasteiger partial charge in [-0.3, -0.25) is 4.90 Å². The predicted molar refractivity (Wildman–Crippen MR) is 91.3 cm³/mol. The Morgan fingerprint density at radius 3 is 2.57 bits per heavy atom. The van der Waals surface area contributed by atoms with Crippen molar-refractivity contribution in [2.24, 2.45) is 11.1 Å². The van der Waals surface area contributed by atoms with Crippen LogP contribution in [0.5, 0.6) is 0 Å². The van der Waals surface area contributed by atoms with Gasteiger partial charge in [0.25, 0.3) is 0 Å². The first kappa shape index (κ1) is 16.1. The third-order valence-corrected chi connectivity index (χ3v) is 4.55. The molecule has 0 unspecified atom stereocenters. The van der Waals surface area contributed by atoms with Crippen LogP contribution in [-0.2, 0) is 6.54 Å². The zero-order valence-electron chi connectivity index (χ0n) is 13.2. The average molecular weight is 303 g/mol. The van der Waals surface area contributed by atoms with Gasteiger partial charge >= 0.3 is 0 Å². The molecule has 2 rings (SSSR count). The lowest BCUT2D eigenvalue weighted by molar-refractivity contribution is 0.182. The second-order valence-corrected chi connectivity index (χ2v) is 7.04. The fourth-order valence-corrected chi connectivity index (χ4v) is 3.09. The van der Waals surface area contributed by atoms with E-state index in [0.717, 1.165) is 30.3 Å². The van der Waals surface area contributed by atoms with Crippen LogP contribution in [0.25, 0.3) is 10.6 Å². The van der Waals surface area contributed by atoms with E-state index >= 15 is 0 Å². The van der Waals surface area contributed by atoms with E-state index in [1.165, 1.54) is 5.56 Å². The largest absolute Gasteiger partial charge is 0.330 e. The zero-order chi connectivity index (χ0) is 15.3. The van der Waals surface area contributed by atoms with Gasteiger partial charge in [0.1, 0.15) is 5.01 Å². The minimum absolute atomic E-state index is 0.147. The highest BCUT2D eigenvalue weighted by molar-refractivity contribution is 7.13. The van der Waals surface area contributed by atoms with Gasteiger partial charge in [-0.05, 0) is 18.5 Å². The maximum Gasteiger partial charge on any atom is 0.123 e. The topological polar surface area (TPSA) is 42.2 Å². The molecule has 0 bridgehead atoms. The molecular formula is C17H25N3S. The summed E-state index contributed by atoms with van der Waals surface area (Å²) in [5.74, 6) is 0. The minimum Gasteiger partial charge on any atom is -0.330 e. The van der Waals surface area contributed by atoms with Crippen LogP contribution in [0, 0.1) is 5.41 Å². The summed E-state index contributed by atoms with van der Waals surface area (Å²) in [6.45, 7) is 10.2. The molecule has 1 aromatic heterocycles. The summed E-state index contributed by atoms with van der Waals surface area (Å²) >= 11 is 1.72. The van der Waals surface area contributed by atoms with Gasteiger partial charge < -0.3 is 5.73 Å². The fraction of sp³-hybridized carbons (Fsp3) is 0.471. The highest BCUT2D eigenvalue weighted by Crippen LogP contribution is 2.24. The Morgan fingerprint density at radius 1 is 1.24 bits per heavy atom. The third-order valence-electron chi connectivity index (χ3n) is 3.61. The Kier molecular flexibility index (Phi) is 5.51. The SMILES string of the molecule is CCN(Cc1csc(-c2ccccc2)n1)CC(C)(C)CN. The molecular weight excluding hydrogens is 278 g/mol. The molecule has 0 aliphatic carbocycles. The molecule has 2 aromatic rings. The standard InChI is InChI=1S/C17H25N3S/c1-4-20(13-17(2,3)12-18)10-15-11-21-16(19-15)14-8-6-5-7-9-14/h5-9,11H,4,10,12-13,18H2,1-3H3. The highest BCUT2D eigenvalue weighted by Gasteiger charge is 2.20. The molecule has 0 saturated carbocycles. The van der Waals surface area contributed by atoms with E-state index in [9.17, 15) is 0 Å². The molecule has 0 fully saturated rings. The third kappa shape index (κ3) is 4.63. The molecule has 0 atom stereocenters. The molecule has 0 saturated heterocycles. The molecule has 0 radical (unpaired) electrons. The summed E-state index contributed by atoms with van der Waals surface area (Å²) in [6, 6.07) is 10.4. The molecule has 0 spiro atoms. The molecule has 3 nitrogen and oxygen atoms in total. The van der Waals surface area contributed by atoms with Crippen LogP contribution >= 0.6 is 11.3 Å². The van der Waals surface area contributed by atoms with Gasteiger partial charge in [0, 0.05) is 24.0 Å². The van der Waals surface area contributed by atoms with Gasteiger partial charge in [-0.1, -0.05) is 51.1 Å². The second kappa shape index (κ2) is 7.16. The summed E-state index contributed by atoms with van der Waals surface area (Å²) in [7, 11) is 0. The van der Waals surface area contributed by atoms with E-state index in [1.807, 2.05) is 6.07 Å². The first-order valence-electron chi connectivity index (χ1n) is 7.46. The van der Waals surface area contributed by atoms with E-state index in [4.69, 9.17) is 10.7 Å². The van der Waals surface area contributed by atoms with E-state index in [-0.39, 0.29) is 5.41 Å². The Labute approximate surface area is 131 Å². The number of hydrogen-bond donors (Lipinski definition) is 1. The summed E-state index contributed by atoms with van der Waals surface area (Å²) in [5, 5.41) is 3.26. The van der Waals surface area contributed by atoms with E-state index in [1.54, 1.807) is 11.3 Å². The maximum absolute atomic E-state index is 5.84. The number of hydrogen-bond acceptors (Lipinski definition) is 4. The Hall–Kier alpha value is -1.23. The van der Waals surface area contributed by atoms with Gasteiger partial charge in [-0.2, -0.15) is 0 Å². The van der Waals surface area contributed by atoms with Gasteiger partial charge in [-0.15, -0.1) is 11.3 Å². The van der Waals surface area contributed by atoms with Crippen LogP contribution in [0.15, 0.2) is 35.7 Å². The van der Waals surface area contributed by atoms with Gasteiger partial charge in [-0.25, -0.2) is 4.98 Å². The van der Waals surface area contributed by atoms with Crippen LogP contribution in [0.4, 0.5) is 0 Å². The maximum atomic E-state index is 5.84. The van der Waals surface area contributed by atoms with Crippen LogP contribution in [0.3, 0.4) is 0 Å². The number of rotatable bonds is 7. The summed E-state index contributed by atoms with van der Waals surface area (Å²) < 4.78 is 0. The zero-order valence-corrected chi connectivity index (χ0v) is 14.0. The number of nitrogens with two attached hydrogens (primary N) is 1. The predicted octanol–water partition coefficient (Wildman–Crippen LogP) is 3.62. The monoisotopic (exact) mass is 303 g/mol. The van der Waals surface area contributed by atoms with Crippen molar-refractivity contribution in [2.45, 2.75) is 27.3 Å². The Bertz CT molecular complexity index is 548. The van der Waals surface area contributed by atoms with Crippen molar-refractivity contribution in [3.05, 3.63) is 41.4 Å². The minimum atomic E-state index is 0.147. The van der Waals surface area contributed by atoms with Gasteiger partial charge in [0.15, 0.2) is 0 Å². The second-order valence-electron chi connectivity index (χ2n) is 6.18. The van der Waals surface area contributed by atoms with Crippen LogP contribution < -0.4 is 5.73 Å².